The van der Waals surface area contributed by atoms with Gasteiger partial charge in [-0.1, -0.05) is 97.3 Å². The zero-order valence-electron chi connectivity index (χ0n) is 27.0. The van der Waals surface area contributed by atoms with Gasteiger partial charge < -0.3 is 0 Å². The monoisotopic (exact) mass is 585 g/mol. The molecule has 7 rings (SSSR count). The second-order valence-corrected chi connectivity index (χ2v) is 18.8. The van der Waals surface area contributed by atoms with Gasteiger partial charge in [-0.3, -0.25) is 0 Å². The third-order valence-electron chi connectivity index (χ3n) is 11.7. The molecule has 4 aromatic rings. The van der Waals surface area contributed by atoms with Gasteiger partial charge in [0.15, 0.2) is 0 Å². The van der Waals surface area contributed by atoms with E-state index in [1.54, 1.807) is 22.0 Å². The Balaban J connectivity index is 1.59. The van der Waals surface area contributed by atoms with E-state index in [4.69, 9.17) is 0 Å². The summed E-state index contributed by atoms with van der Waals surface area (Å²) in [7, 11) is -1.83. The van der Waals surface area contributed by atoms with Crippen molar-refractivity contribution in [1.29, 1.82) is 0 Å². The molecule has 3 aliphatic carbocycles. The highest BCUT2D eigenvalue weighted by atomic mass is 31.2. The lowest BCUT2D eigenvalue weighted by Crippen LogP contribution is -2.48. The van der Waals surface area contributed by atoms with E-state index in [0.29, 0.717) is 0 Å². The van der Waals surface area contributed by atoms with E-state index >= 15 is 0 Å². The molecule has 2 saturated carbocycles. The molecule has 4 aromatic carbocycles. The van der Waals surface area contributed by atoms with Gasteiger partial charge in [0.25, 0.3) is 0 Å². The van der Waals surface area contributed by atoms with E-state index in [9.17, 15) is 0 Å². The molecule has 0 spiro atoms. The average molecular weight is 586 g/mol. The summed E-state index contributed by atoms with van der Waals surface area (Å²) in [6.07, 6.45) is 15.2. The van der Waals surface area contributed by atoms with E-state index in [1.165, 1.54) is 104 Å². The first-order valence-electron chi connectivity index (χ1n) is 17.2. The van der Waals surface area contributed by atoms with Crippen molar-refractivity contribution >= 4 is 12.6 Å². The summed E-state index contributed by atoms with van der Waals surface area (Å²) in [5.41, 5.74) is 15.1. The molecule has 1 heteroatoms. The first-order chi connectivity index (χ1) is 20.9. The van der Waals surface area contributed by atoms with Gasteiger partial charge in [-0.25, -0.2) is 0 Å². The maximum absolute atomic E-state index is 2.77. The molecule has 1 unspecified atom stereocenters. The summed E-state index contributed by atoms with van der Waals surface area (Å²) in [6.45, 7) is 9.75. The lowest BCUT2D eigenvalue weighted by molar-refractivity contribution is 0.464. The summed E-state index contributed by atoms with van der Waals surface area (Å²) >= 11 is 0. The van der Waals surface area contributed by atoms with Gasteiger partial charge in [0.2, 0.25) is 0 Å². The van der Waals surface area contributed by atoms with Gasteiger partial charge in [0.1, 0.15) is 10.5 Å². The van der Waals surface area contributed by atoms with Crippen molar-refractivity contribution in [2.45, 2.75) is 115 Å². The number of benzene rings is 4. The lowest BCUT2D eigenvalue weighted by Gasteiger charge is -2.55. The quantitative estimate of drug-likeness (QED) is 0.204. The van der Waals surface area contributed by atoms with Crippen molar-refractivity contribution in [2.75, 3.05) is 0 Å². The van der Waals surface area contributed by atoms with E-state index in [2.05, 4.69) is 113 Å². The molecule has 0 nitrogen and oxygen atoms in total. The minimum atomic E-state index is -1.83. The average Bonchev–Trinajstić information content (AvgIpc) is 3.03. The molecule has 0 saturated heterocycles. The Hall–Kier alpha value is -2.69. The maximum atomic E-state index is 2.77. The molecule has 2 fully saturated rings. The molecule has 0 aromatic heterocycles. The zero-order chi connectivity index (χ0) is 29.6. The molecule has 0 bridgehead atoms. The first-order valence-corrected chi connectivity index (χ1v) is 19.1. The third kappa shape index (κ3) is 4.66. The van der Waals surface area contributed by atoms with Gasteiger partial charge in [0, 0.05) is 17.5 Å². The minimum Gasteiger partial charge on any atom is -0.0619 e. The predicted molar refractivity (Wildman–Crippen MR) is 189 cm³/mol. The van der Waals surface area contributed by atoms with Gasteiger partial charge >= 0.3 is 0 Å². The van der Waals surface area contributed by atoms with E-state index in [1.807, 2.05) is 0 Å². The Labute approximate surface area is 261 Å². The topological polar surface area (TPSA) is 0 Å². The highest BCUT2D eigenvalue weighted by Gasteiger charge is 2.67. The van der Waals surface area contributed by atoms with Crippen molar-refractivity contribution in [1.82, 2.24) is 0 Å². The molecule has 1 atom stereocenters. The molecular weight excluding hydrogens is 535 g/mol. The van der Waals surface area contributed by atoms with Crippen LogP contribution in [0, 0.1) is 20.8 Å². The molecule has 0 aliphatic heterocycles. The van der Waals surface area contributed by atoms with Crippen LogP contribution in [0.5, 0.6) is 0 Å². The minimum absolute atomic E-state index is 0.102. The summed E-state index contributed by atoms with van der Waals surface area (Å²) in [5, 5.41) is 1.87. The molecule has 0 radical (unpaired) electrons. The normalized spacial score (nSPS) is 21.3. The van der Waals surface area contributed by atoms with Crippen LogP contribution in [0.3, 0.4) is 0 Å². The Morgan fingerprint density at radius 1 is 0.581 bits per heavy atom. The molecule has 222 valence electrons. The fourth-order valence-electron chi connectivity index (χ4n) is 10.3. The van der Waals surface area contributed by atoms with Crippen LogP contribution in [0.2, 0.25) is 0 Å². The standard InChI is InChI=1S/C42H50P/c1-30-27-31(2)41(32(3)28-30)38-24-14-16-26-40(38)43(34-18-7-5-8-19-34,35-20-9-6-10-21-35)42(4)29-33-17-11-12-22-36(33)37-23-13-15-25-39(37)42/h11-17,22-28,34-35H,5-10,18-21,29H2,1-4H3/q+1. The van der Waals surface area contributed by atoms with Crippen molar-refractivity contribution < 1.29 is 0 Å². The van der Waals surface area contributed by atoms with E-state index in [0.717, 1.165) is 11.3 Å². The van der Waals surface area contributed by atoms with E-state index in [-0.39, 0.29) is 5.16 Å². The molecule has 3 aliphatic rings. The smallest absolute Gasteiger partial charge is 0.0619 e. The number of rotatable bonds is 5. The predicted octanol–water partition coefficient (Wildman–Crippen LogP) is 11.7. The molecule has 0 N–H and O–H groups in total. The summed E-state index contributed by atoms with van der Waals surface area (Å²) < 4.78 is 0. The van der Waals surface area contributed by atoms with Crippen molar-refractivity contribution in [2.24, 2.45) is 0 Å². The van der Waals surface area contributed by atoms with Crippen LogP contribution in [0.15, 0.2) is 84.9 Å². The maximum Gasteiger partial charge on any atom is 0.112 e. The summed E-state index contributed by atoms with van der Waals surface area (Å²) in [6, 6.07) is 33.8. The van der Waals surface area contributed by atoms with Crippen LogP contribution in [-0.2, 0) is 11.6 Å². The Morgan fingerprint density at radius 3 is 1.72 bits per heavy atom. The van der Waals surface area contributed by atoms with Gasteiger partial charge in [-0.2, -0.15) is 0 Å². The second kappa shape index (κ2) is 11.7. The van der Waals surface area contributed by atoms with Crippen LogP contribution < -0.4 is 5.30 Å². The Morgan fingerprint density at radius 2 is 1.09 bits per heavy atom. The van der Waals surface area contributed by atoms with Gasteiger partial charge in [-0.05, 0) is 119 Å². The fourth-order valence-corrected chi connectivity index (χ4v) is 18.1. The molecular formula is C42H50P+. The van der Waals surface area contributed by atoms with Crippen LogP contribution in [0.25, 0.3) is 22.3 Å². The van der Waals surface area contributed by atoms with Gasteiger partial charge in [-0.15, -0.1) is 0 Å². The molecule has 0 heterocycles. The molecule has 43 heavy (non-hydrogen) atoms. The number of aryl methyl sites for hydroxylation is 3. The van der Waals surface area contributed by atoms with Crippen LogP contribution in [0.1, 0.15) is 98.9 Å². The van der Waals surface area contributed by atoms with Crippen molar-refractivity contribution in [3.05, 3.63) is 113 Å². The van der Waals surface area contributed by atoms with Crippen LogP contribution in [-0.4, -0.2) is 11.3 Å². The highest BCUT2D eigenvalue weighted by molar-refractivity contribution is 7.85. The van der Waals surface area contributed by atoms with Crippen molar-refractivity contribution in [3.8, 4) is 22.3 Å². The molecule has 0 amide bonds. The third-order valence-corrected chi connectivity index (χ3v) is 18.3. The number of fused-ring (bicyclic) bond motifs is 3. The SMILES string of the molecule is Cc1cc(C)c(-c2ccccc2[P+](C2CCCCC2)(C2CCCCC2)C2(C)Cc3ccccc3-c3ccccc32)c(C)c1. The summed E-state index contributed by atoms with van der Waals surface area (Å²) in [5.74, 6) is 0. The highest BCUT2D eigenvalue weighted by Crippen LogP contribution is 2.83. The number of hydrogen-bond donors (Lipinski definition) is 0. The lowest BCUT2D eigenvalue weighted by atomic mass is 9.79. The van der Waals surface area contributed by atoms with Crippen LogP contribution >= 0.6 is 7.26 Å². The first kappa shape index (κ1) is 29.0. The number of hydrogen-bond acceptors (Lipinski definition) is 0. The van der Waals surface area contributed by atoms with Crippen molar-refractivity contribution in [3.63, 3.8) is 0 Å². The summed E-state index contributed by atoms with van der Waals surface area (Å²) in [4.78, 5) is 0. The van der Waals surface area contributed by atoms with E-state index < -0.39 is 7.26 Å². The van der Waals surface area contributed by atoms with Gasteiger partial charge in [0.05, 0.1) is 18.6 Å². The Kier molecular flexibility index (Phi) is 7.88. The van der Waals surface area contributed by atoms with Crippen LogP contribution in [0.4, 0.5) is 0 Å². The zero-order valence-corrected chi connectivity index (χ0v) is 27.9. The second-order valence-electron chi connectivity index (χ2n) is 14.3. The fraction of sp³-hybridized carbons (Fsp3) is 0.429. The largest absolute Gasteiger partial charge is 0.112 e. The Bertz CT molecular complexity index is 1570.